The summed E-state index contributed by atoms with van der Waals surface area (Å²) in [5.41, 5.74) is 7.22. The fourth-order valence-electron chi connectivity index (χ4n) is 2.03. The molecule has 0 aliphatic rings. The number of sulfonamides is 1. The van der Waals surface area contributed by atoms with Crippen LogP contribution >= 0.6 is 0 Å². The molecule has 0 amide bonds. The van der Waals surface area contributed by atoms with Crippen molar-refractivity contribution in [1.82, 2.24) is 4.72 Å². The predicted molar refractivity (Wildman–Crippen MR) is 79.6 cm³/mol. The van der Waals surface area contributed by atoms with Gasteiger partial charge >= 0.3 is 0 Å². The van der Waals surface area contributed by atoms with Gasteiger partial charge in [0.2, 0.25) is 10.0 Å². The lowest BCUT2D eigenvalue weighted by Crippen LogP contribution is -2.45. The highest BCUT2D eigenvalue weighted by Gasteiger charge is 2.29. The molecule has 0 unspecified atom stereocenters. The Kier molecular flexibility index (Phi) is 4.63. The van der Waals surface area contributed by atoms with E-state index in [1.165, 1.54) is 0 Å². The average molecular weight is 284 g/mol. The molecule has 3 N–H and O–H groups in total. The molecule has 0 aromatic heterocycles. The first-order valence-corrected chi connectivity index (χ1v) is 8.05. The smallest absolute Gasteiger partial charge is 0.241 e. The Morgan fingerprint density at radius 2 is 1.74 bits per heavy atom. The van der Waals surface area contributed by atoms with Gasteiger partial charge in [-0.25, -0.2) is 13.1 Å². The Labute approximate surface area is 116 Å². The Hall–Kier alpha value is -1.07. The molecular weight excluding hydrogens is 260 g/mol. The van der Waals surface area contributed by atoms with Gasteiger partial charge in [0, 0.05) is 11.2 Å². The topological polar surface area (TPSA) is 72.2 Å². The summed E-state index contributed by atoms with van der Waals surface area (Å²) in [5, 5.41) is 0. The number of nitrogens with two attached hydrogens (primary N) is 1. The molecule has 0 saturated carbocycles. The van der Waals surface area contributed by atoms with Crippen molar-refractivity contribution in [3.05, 3.63) is 23.3 Å². The van der Waals surface area contributed by atoms with E-state index in [4.69, 9.17) is 5.73 Å². The van der Waals surface area contributed by atoms with Gasteiger partial charge in [-0.05, 0) is 50.8 Å². The largest absolute Gasteiger partial charge is 0.398 e. The Morgan fingerprint density at radius 3 is 2.21 bits per heavy atom. The Bertz CT molecular complexity index is 561. The molecule has 0 aliphatic carbocycles. The zero-order valence-corrected chi connectivity index (χ0v) is 13.2. The van der Waals surface area contributed by atoms with E-state index >= 15 is 0 Å². The van der Waals surface area contributed by atoms with E-state index in [0.29, 0.717) is 21.7 Å². The van der Waals surface area contributed by atoms with Crippen LogP contribution in [0.5, 0.6) is 0 Å². The van der Waals surface area contributed by atoms with Crippen molar-refractivity contribution in [3.63, 3.8) is 0 Å². The number of aryl methyl sites for hydroxylation is 1. The van der Waals surface area contributed by atoms with Crippen molar-refractivity contribution in [2.24, 2.45) is 0 Å². The third kappa shape index (κ3) is 3.28. The van der Waals surface area contributed by atoms with Crippen LogP contribution in [-0.4, -0.2) is 14.0 Å². The number of hydrogen-bond donors (Lipinski definition) is 2. The number of hydrogen-bond acceptors (Lipinski definition) is 3. The minimum Gasteiger partial charge on any atom is -0.398 e. The number of benzene rings is 1. The van der Waals surface area contributed by atoms with Crippen LogP contribution in [0.3, 0.4) is 0 Å². The molecule has 0 bridgehead atoms. The number of rotatable bonds is 5. The molecule has 19 heavy (non-hydrogen) atoms. The Balaban J connectivity index is 3.33. The van der Waals surface area contributed by atoms with Crippen LogP contribution in [0.25, 0.3) is 0 Å². The second kappa shape index (κ2) is 5.51. The highest BCUT2D eigenvalue weighted by Crippen LogP contribution is 2.27. The van der Waals surface area contributed by atoms with Crippen molar-refractivity contribution in [2.75, 3.05) is 5.73 Å². The van der Waals surface area contributed by atoms with E-state index in [9.17, 15) is 8.42 Å². The molecule has 5 heteroatoms. The fraction of sp³-hybridized carbons (Fsp3) is 0.571. The summed E-state index contributed by atoms with van der Waals surface area (Å²) in [5.74, 6) is 0. The quantitative estimate of drug-likeness (QED) is 0.817. The summed E-state index contributed by atoms with van der Waals surface area (Å²) in [6.07, 6.45) is 1.48. The summed E-state index contributed by atoms with van der Waals surface area (Å²) < 4.78 is 28.0. The molecule has 0 radical (unpaired) electrons. The molecule has 4 nitrogen and oxygen atoms in total. The molecule has 1 aromatic rings. The minimum atomic E-state index is -3.56. The SMILES string of the molecule is CCC(C)(CC)NS(=O)(=O)c1c(C)ccc(N)c1C. The van der Waals surface area contributed by atoms with Gasteiger partial charge in [0.1, 0.15) is 0 Å². The summed E-state index contributed by atoms with van der Waals surface area (Å²) in [7, 11) is -3.56. The van der Waals surface area contributed by atoms with E-state index in [1.807, 2.05) is 20.8 Å². The average Bonchev–Trinajstić information content (AvgIpc) is 2.33. The molecule has 0 spiro atoms. The van der Waals surface area contributed by atoms with Crippen LogP contribution in [-0.2, 0) is 10.0 Å². The molecule has 0 atom stereocenters. The number of anilines is 1. The van der Waals surface area contributed by atoms with Crippen molar-refractivity contribution in [1.29, 1.82) is 0 Å². The molecule has 0 fully saturated rings. The lowest BCUT2D eigenvalue weighted by atomic mass is 9.98. The van der Waals surface area contributed by atoms with Gasteiger partial charge in [0.05, 0.1) is 4.90 Å². The molecule has 0 aliphatic heterocycles. The molecule has 0 heterocycles. The lowest BCUT2D eigenvalue weighted by Gasteiger charge is -2.28. The first-order chi connectivity index (χ1) is 8.67. The molecule has 108 valence electrons. The standard InChI is InChI=1S/C14H24N2O2S/c1-6-14(5,7-2)16-19(17,18)13-10(3)8-9-12(15)11(13)4/h8-9,16H,6-7,15H2,1-5H3. The lowest BCUT2D eigenvalue weighted by molar-refractivity contribution is 0.388. The zero-order chi connectivity index (χ0) is 14.8. The maximum atomic E-state index is 12.6. The van der Waals surface area contributed by atoms with Crippen molar-refractivity contribution < 1.29 is 8.42 Å². The maximum absolute atomic E-state index is 12.6. The zero-order valence-electron chi connectivity index (χ0n) is 12.4. The van der Waals surface area contributed by atoms with E-state index in [1.54, 1.807) is 26.0 Å². The highest BCUT2D eigenvalue weighted by molar-refractivity contribution is 7.89. The fourth-order valence-corrected chi connectivity index (χ4v) is 4.08. The predicted octanol–water partition coefficient (Wildman–Crippen LogP) is 2.74. The molecule has 1 aromatic carbocycles. The Morgan fingerprint density at radius 1 is 1.21 bits per heavy atom. The van der Waals surface area contributed by atoms with Gasteiger partial charge in [-0.1, -0.05) is 19.9 Å². The minimum absolute atomic E-state index is 0.306. The van der Waals surface area contributed by atoms with Gasteiger partial charge in [0.25, 0.3) is 0 Å². The summed E-state index contributed by atoms with van der Waals surface area (Å²) in [6.45, 7) is 9.40. The van der Waals surface area contributed by atoms with Crippen molar-refractivity contribution >= 4 is 15.7 Å². The highest BCUT2D eigenvalue weighted by atomic mass is 32.2. The first-order valence-electron chi connectivity index (χ1n) is 6.56. The van der Waals surface area contributed by atoms with Gasteiger partial charge in [-0.3, -0.25) is 0 Å². The van der Waals surface area contributed by atoms with Gasteiger partial charge in [-0.15, -0.1) is 0 Å². The number of nitrogen functional groups attached to an aromatic ring is 1. The number of nitrogens with one attached hydrogen (secondary N) is 1. The van der Waals surface area contributed by atoms with Gasteiger partial charge in [0.15, 0.2) is 0 Å². The van der Waals surface area contributed by atoms with Crippen LogP contribution in [0.2, 0.25) is 0 Å². The van der Waals surface area contributed by atoms with Crippen LogP contribution in [0, 0.1) is 13.8 Å². The van der Waals surface area contributed by atoms with E-state index < -0.39 is 15.6 Å². The summed E-state index contributed by atoms with van der Waals surface area (Å²) >= 11 is 0. The molecule has 0 saturated heterocycles. The van der Waals surface area contributed by atoms with Crippen LogP contribution < -0.4 is 10.5 Å². The van der Waals surface area contributed by atoms with Crippen molar-refractivity contribution in [2.45, 2.75) is 57.9 Å². The van der Waals surface area contributed by atoms with Crippen molar-refractivity contribution in [3.8, 4) is 0 Å². The third-order valence-corrected chi connectivity index (χ3v) is 5.78. The van der Waals surface area contributed by atoms with E-state index in [0.717, 1.165) is 12.8 Å². The van der Waals surface area contributed by atoms with E-state index in [2.05, 4.69) is 4.72 Å². The van der Waals surface area contributed by atoms with Crippen LogP contribution in [0.4, 0.5) is 5.69 Å². The van der Waals surface area contributed by atoms with Crippen LogP contribution in [0.15, 0.2) is 17.0 Å². The third-order valence-electron chi connectivity index (χ3n) is 3.85. The maximum Gasteiger partial charge on any atom is 0.241 e. The molecular formula is C14H24N2O2S. The summed E-state index contributed by atoms with van der Waals surface area (Å²) in [4.78, 5) is 0.306. The summed E-state index contributed by atoms with van der Waals surface area (Å²) in [6, 6.07) is 3.48. The van der Waals surface area contributed by atoms with E-state index in [-0.39, 0.29) is 0 Å². The second-order valence-electron chi connectivity index (χ2n) is 5.30. The normalized spacial score (nSPS) is 12.7. The molecule has 1 rings (SSSR count). The van der Waals surface area contributed by atoms with Gasteiger partial charge < -0.3 is 5.73 Å². The second-order valence-corrected chi connectivity index (χ2v) is 6.92. The first kappa shape index (κ1) is 16.0. The van der Waals surface area contributed by atoms with Crippen LogP contribution in [0.1, 0.15) is 44.7 Å². The van der Waals surface area contributed by atoms with Gasteiger partial charge in [-0.2, -0.15) is 0 Å². The monoisotopic (exact) mass is 284 g/mol.